The van der Waals surface area contributed by atoms with Crippen molar-refractivity contribution in [3.63, 3.8) is 0 Å². The molecule has 3 heterocycles. The van der Waals surface area contributed by atoms with E-state index in [0.29, 0.717) is 28.9 Å². The van der Waals surface area contributed by atoms with Gasteiger partial charge in [-0.25, -0.2) is 14.5 Å². The van der Waals surface area contributed by atoms with Crippen LogP contribution >= 0.6 is 11.6 Å². The Morgan fingerprint density at radius 1 is 1.18 bits per heavy atom. The van der Waals surface area contributed by atoms with Crippen molar-refractivity contribution >= 4 is 45.9 Å². The summed E-state index contributed by atoms with van der Waals surface area (Å²) in [6.45, 7) is 0.645. The van der Waals surface area contributed by atoms with Gasteiger partial charge in [0, 0.05) is 29.4 Å². The molecule has 0 saturated carbocycles. The molecule has 0 fully saturated rings. The lowest BCUT2D eigenvalue weighted by atomic mass is 10.2. The lowest BCUT2D eigenvalue weighted by molar-refractivity contribution is -0.671. The fourth-order valence-corrected chi connectivity index (χ4v) is 2.81. The van der Waals surface area contributed by atoms with Crippen LogP contribution in [-0.4, -0.2) is 32.3 Å². The van der Waals surface area contributed by atoms with Crippen LogP contribution in [0.25, 0.3) is 11.0 Å². The molecule has 4 aromatic rings. The second-order valence-corrected chi connectivity index (χ2v) is 7.10. The Morgan fingerprint density at radius 3 is 2.52 bits per heavy atom. The maximum atomic E-state index is 10.5. The van der Waals surface area contributed by atoms with Crippen molar-refractivity contribution in [2.24, 2.45) is 7.05 Å². The summed E-state index contributed by atoms with van der Waals surface area (Å²) in [7, 11) is 1.99. The van der Waals surface area contributed by atoms with E-state index in [0.717, 1.165) is 16.6 Å². The number of halogens is 4. The number of rotatable bonds is 5. The molecule has 0 aliphatic rings. The van der Waals surface area contributed by atoms with Gasteiger partial charge in [-0.3, -0.25) is 5.10 Å². The maximum Gasteiger partial charge on any atom is 0.430 e. The topological polar surface area (TPSA) is 123 Å². The van der Waals surface area contributed by atoms with E-state index in [1.165, 1.54) is 6.33 Å². The van der Waals surface area contributed by atoms with Crippen LogP contribution in [0.15, 0.2) is 55.1 Å². The molecule has 0 atom stereocenters. The summed E-state index contributed by atoms with van der Waals surface area (Å²) in [5.41, 5.74) is 2.66. The lowest BCUT2D eigenvalue weighted by Crippen LogP contribution is -2.37. The first-order chi connectivity index (χ1) is 15.6. The number of hydrogen-bond acceptors (Lipinski definition) is 7. The van der Waals surface area contributed by atoms with Gasteiger partial charge in [-0.15, -0.1) is 0 Å². The van der Waals surface area contributed by atoms with Gasteiger partial charge in [0.1, 0.15) is 30.5 Å². The monoisotopic (exact) mass is 479 g/mol. The first-order valence-corrected chi connectivity index (χ1v) is 9.69. The SMILES string of the molecule is C[n+]1ccc(CNc2n[nH]c3ncnc(Nc4cccc(Cl)c4)c23)cc1.O=C([O-])C(F)(F)F. The largest absolute Gasteiger partial charge is 0.542 e. The van der Waals surface area contributed by atoms with Crippen molar-refractivity contribution in [1.82, 2.24) is 20.2 Å². The maximum absolute atomic E-state index is 10.5. The number of carboxylic acids is 1. The third-order valence-electron chi connectivity index (χ3n) is 4.18. The molecular formula is C20H17ClF3N7O2. The third-order valence-corrected chi connectivity index (χ3v) is 4.42. The van der Waals surface area contributed by atoms with Crippen molar-refractivity contribution in [3.05, 3.63) is 65.7 Å². The number of aromatic nitrogens is 5. The number of aryl methyl sites for hydroxylation is 1. The van der Waals surface area contributed by atoms with Gasteiger partial charge in [-0.05, 0) is 23.8 Å². The number of benzene rings is 1. The van der Waals surface area contributed by atoms with Gasteiger partial charge in [0.05, 0.1) is 0 Å². The van der Waals surface area contributed by atoms with E-state index in [1.807, 2.05) is 48.3 Å². The summed E-state index contributed by atoms with van der Waals surface area (Å²) in [4.78, 5) is 17.4. The number of aliphatic carboxylic acids is 1. The molecule has 0 amide bonds. The van der Waals surface area contributed by atoms with E-state index >= 15 is 0 Å². The molecule has 0 radical (unpaired) electrons. The first-order valence-electron chi connectivity index (χ1n) is 9.31. The van der Waals surface area contributed by atoms with Crippen LogP contribution in [0.4, 0.5) is 30.5 Å². The van der Waals surface area contributed by atoms with Crippen molar-refractivity contribution in [2.75, 3.05) is 10.6 Å². The van der Waals surface area contributed by atoms with Crippen molar-refractivity contribution < 1.29 is 27.6 Å². The number of nitrogens with one attached hydrogen (secondary N) is 3. The number of carbonyl (C=O) groups is 1. The minimum atomic E-state index is -5.19. The number of carbonyl (C=O) groups excluding carboxylic acids is 1. The van der Waals surface area contributed by atoms with Crippen LogP contribution in [0.2, 0.25) is 5.02 Å². The Morgan fingerprint density at radius 2 is 1.88 bits per heavy atom. The van der Waals surface area contributed by atoms with E-state index in [1.54, 1.807) is 0 Å². The highest BCUT2D eigenvalue weighted by atomic mass is 35.5. The zero-order chi connectivity index (χ0) is 24.0. The van der Waals surface area contributed by atoms with Gasteiger partial charge in [0.25, 0.3) is 0 Å². The summed E-state index contributed by atoms with van der Waals surface area (Å²) < 4.78 is 33.5. The number of fused-ring (bicyclic) bond motifs is 1. The quantitative estimate of drug-likeness (QED) is 0.376. The average Bonchev–Trinajstić information content (AvgIpc) is 3.17. The van der Waals surface area contributed by atoms with Gasteiger partial charge in [-0.1, -0.05) is 17.7 Å². The standard InChI is InChI=1S/C18H17ClN7.C2HF3O2/c1-26-7-5-12(6-8-26)10-20-17-15-16(21-11-22-18(15)25-24-17)23-14-4-2-3-13(19)9-14;3-2(4,5)1(6)7/h2-9,11H,10H2,1H3,(H3,20,21,22,23,24,25);(H,6,7)/q+1;/p-1. The molecule has 3 N–H and O–H groups in total. The van der Waals surface area contributed by atoms with Gasteiger partial charge in [-0.2, -0.15) is 18.3 Å². The fraction of sp³-hybridized carbons (Fsp3) is 0.150. The van der Waals surface area contributed by atoms with E-state index < -0.39 is 12.1 Å². The van der Waals surface area contributed by atoms with Crippen molar-refractivity contribution in [2.45, 2.75) is 12.7 Å². The molecule has 4 rings (SSSR count). The summed E-state index contributed by atoms with van der Waals surface area (Å²) >= 11 is 6.06. The number of nitrogens with zero attached hydrogens (tertiary/aromatic N) is 4. The Hall–Kier alpha value is -3.93. The number of alkyl halides is 3. The molecule has 172 valence electrons. The van der Waals surface area contributed by atoms with Crippen molar-refractivity contribution in [1.29, 1.82) is 0 Å². The molecule has 3 aromatic heterocycles. The molecule has 13 heteroatoms. The molecule has 0 spiro atoms. The third kappa shape index (κ3) is 6.53. The Kier molecular flexibility index (Phi) is 7.28. The summed E-state index contributed by atoms with van der Waals surface area (Å²) in [6, 6.07) is 11.6. The van der Waals surface area contributed by atoms with Crippen LogP contribution in [0.1, 0.15) is 5.56 Å². The predicted molar refractivity (Wildman–Crippen MR) is 112 cm³/mol. The first kappa shape index (κ1) is 23.7. The van der Waals surface area contributed by atoms with Crippen LogP contribution < -0.4 is 20.3 Å². The molecular weight excluding hydrogens is 463 g/mol. The molecule has 0 bridgehead atoms. The number of pyridine rings is 1. The lowest BCUT2D eigenvalue weighted by Gasteiger charge is -2.08. The molecule has 0 aliphatic heterocycles. The molecule has 0 unspecified atom stereocenters. The van der Waals surface area contributed by atoms with E-state index in [4.69, 9.17) is 21.5 Å². The summed E-state index contributed by atoms with van der Waals surface area (Å²) in [6.07, 6.45) is 0.318. The molecule has 33 heavy (non-hydrogen) atoms. The average molecular weight is 480 g/mol. The minimum Gasteiger partial charge on any atom is -0.542 e. The molecule has 0 aliphatic carbocycles. The van der Waals surface area contributed by atoms with Crippen LogP contribution in [0.3, 0.4) is 0 Å². The van der Waals surface area contributed by atoms with Gasteiger partial charge < -0.3 is 20.5 Å². The number of hydrogen-bond donors (Lipinski definition) is 3. The predicted octanol–water partition coefficient (Wildman–Crippen LogP) is 2.49. The van der Waals surface area contributed by atoms with Crippen molar-refractivity contribution in [3.8, 4) is 0 Å². The smallest absolute Gasteiger partial charge is 0.430 e. The van der Waals surface area contributed by atoms with E-state index in [-0.39, 0.29) is 0 Å². The summed E-state index contributed by atoms with van der Waals surface area (Å²) in [5.74, 6) is -1.65. The Labute approximate surface area is 190 Å². The second-order valence-electron chi connectivity index (χ2n) is 6.66. The molecule has 0 saturated heterocycles. The zero-order valence-electron chi connectivity index (χ0n) is 17.0. The molecule has 1 aromatic carbocycles. The van der Waals surface area contributed by atoms with E-state index in [2.05, 4.69) is 42.9 Å². The highest BCUT2D eigenvalue weighted by molar-refractivity contribution is 6.30. The van der Waals surface area contributed by atoms with Gasteiger partial charge >= 0.3 is 6.18 Å². The normalized spacial score (nSPS) is 10.9. The van der Waals surface area contributed by atoms with Gasteiger partial charge in [0.2, 0.25) is 0 Å². The Balaban J connectivity index is 0.000000383. The number of carboxylic acid groups (broad SMARTS) is 1. The zero-order valence-corrected chi connectivity index (χ0v) is 17.8. The van der Waals surface area contributed by atoms with Crippen LogP contribution in [-0.2, 0) is 18.4 Å². The second kappa shape index (κ2) is 10.1. The number of H-pyrrole nitrogens is 1. The highest BCUT2D eigenvalue weighted by Gasteiger charge is 2.28. The number of anilines is 3. The van der Waals surface area contributed by atoms with E-state index in [9.17, 15) is 13.2 Å². The summed E-state index contributed by atoms with van der Waals surface area (Å²) in [5, 5.41) is 24.1. The van der Waals surface area contributed by atoms with Gasteiger partial charge in [0.15, 0.2) is 23.9 Å². The van der Waals surface area contributed by atoms with Crippen LogP contribution in [0, 0.1) is 0 Å². The number of aromatic amines is 1. The highest BCUT2D eigenvalue weighted by Crippen LogP contribution is 2.28. The van der Waals surface area contributed by atoms with Crippen LogP contribution in [0.5, 0.6) is 0 Å². The Bertz CT molecular complexity index is 1250. The minimum absolute atomic E-state index is 0.645. The fourth-order valence-electron chi connectivity index (χ4n) is 2.62. The molecule has 9 nitrogen and oxygen atoms in total.